The summed E-state index contributed by atoms with van der Waals surface area (Å²) in [5.74, 6) is 0.520. The highest BCUT2D eigenvalue weighted by molar-refractivity contribution is 5.90. The fourth-order valence-electron chi connectivity index (χ4n) is 3.48. The number of aryl methyl sites for hydroxylation is 1. The van der Waals surface area contributed by atoms with Gasteiger partial charge in [-0.25, -0.2) is 9.78 Å². The average molecular weight is 430 g/mol. The second kappa shape index (κ2) is 8.93. The first-order valence-corrected chi connectivity index (χ1v) is 9.97. The van der Waals surface area contributed by atoms with E-state index in [2.05, 4.69) is 4.98 Å². The first kappa shape index (κ1) is 21.1. The molecule has 0 aliphatic rings. The number of aromatic nitrogens is 2. The predicted molar refractivity (Wildman–Crippen MR) is 121 cm³/mol. The van der Waals surface area contributed by atoms with E-state index in [1.54, 1.807) is 30.3 Å². The first-order chi connectivity index (χ1) is 15.5. The molecule has 1 heterocycles. The van der Waals surface area contributed by atoms with Gasteiger partial charge in [0.15, 0.2) is 11.5 Å². The number of esters is 1. The van der Waals surface area contributed by atoms with Crippen molar-refractivity contribution < 1.29 is 19.0 Å². The molecule has 0 unspecified atom stereocenters. The van der Waals surface area contributed by atoms with E-state index in [1.165, 1.54) is 25.1 Å². The van der Waals surface area contributed by atoms with Crippen LogP contribution in [-0.2, 0) is 11.3 Å². The largest absolute Gasteiger partial charge is 0.493 e. The molecule has 0 aliphatic heterocycles. The van der Waals surface area contributed by atoms with Crippen molar-refractivity contribution in [3.8, 4) is 17.2 Å². The zero-order valence-electron chi connectivity index (χ0n) is 18.0. The van der Waals surface area contributed by atoms with Crippen LogP contribution in [0.4, 0.5) is 0 Å². The molecule has 0 saturated heterocycles. The van der Waals surface area contributed by atoms with Crippen LogP contribution in [-0.4, -0.2) is 29.7 Å². The zero-order chi connectivity index (χ0) is 22.7. The molecule has 7 nitrogen and oxygen atoms in total. The Morgan fingerprint density at radius 2 is 1.78 bits per heavy atom. The Labute approximate surface area is 184 Å². The van der Waals surface area contributed by atoms with Crippen molar-refractivity contribution >= 4 is 16.9 Å². The number of benzene rings is 3. The second-order valence-corrected chi connectivity index (χ2v) is 7.21. The van der Waals surface area contributed by atoms with Crippen LogP contribution >= 0.6 is 0 Å². The highest BCUT2D eigenvalue weighted by atomic mass is 16.5. The van der Waals surface area contributed by atoms with Crippen LogP contribution in [0.3, 0.4) is 0 Å². The summed E-state index contributed by atoms with van der Waals surface area (Å²) in [5, 5.41) is 0.396. The highest BCUT2D eigenvalue weighted by Crippen LogP contribution is 2.31. The summed E-state index contributed by atoms with van der Waals surface area (Å²) in [6, 6.07) is 18.1. The van der Waals surface area contributed by atoms with Gasteiger partial charge in [0.25, 0.3) is 5.56 Å². The van der Waals surface area contributed by atoms with Crippen LogP contribution in [0, 0.1) is 6.92 Å². The average Bonchev–Trinajstić information content (AvgIpc) is 2.83. The molecule has 0 amide bonds. The molecule has 0 fully saturated rings. The molecule has 4 rings (SSSR count). The quantitative estimate of drug-likeness (QED) is 0.429. The van der Waals surface area contributed by atoms with Crippen molar-refractivity contribution in [1.29, 1.82) is 0 Å². The van der Waals surface area contributed by atoms with Crippen molar-refractivity contribution in [3.05, 3.63) is 94.0 Å². The molecule has 0 saturated carbocycles. The standard InChI is InChI=1S/C25H22N2O5/c1-16-11-18(25(29)31-3)9-10-21(16)27-15-26-20-13-23(22(30-2)12-19(20)24(27)28)32-14-17-7-5-4-6-8-17/h4-13,15H,14H2,1-3H3. The summed E-state index contributed by atoms with van der Waals surface area (Å²) in [5.41, 5.74) is 3.04. The van der Waals surface area contributed by atoms with E-state index < -0.39 is 5.97 Å². The second-order valence-electron chi connectivity index (χ2n) is 7.21. The number of rotatable bonds is 6. The maximum Gasteiger partial charge on any atom is 0.337 e. The summed E-state index contributed by atoms with van der Waals surface area (Å²) in [6.45, 7) is 2.19. The number of carbonyl (C=O) groups is 1. The van der Waals surface area contributed by atoms with Crippen LogP contribution in [0.1, 0.15) is 21.5 Å². The van der Waals surface area contributed by atoms with Gasteiger partial charge < -0.3 is 14.2 Å². The minimum absolute atomic E-state index is 0.253. The predicted octanol–water partition coefficient (Wildman–Crippen LogP) is 4.07. The maximum atomic E-state index is 13.2. The molecule has 0 atom stereocenters. The van der Waals surface area contributed by atoms with E-state index in [4.69, 9.17) is 14.2 Å². The summed E-state index contributed by atoms with van der Waals surface area (Å²) >= 11 is 0. The molecular weight excluding hydrogens is 408 g/mol. The Kier molecular flexibility index (Phi) is 5.89. The third-order valence-corrected chi connectivity index (χ3v) is 5.16. The van der Waals surface area contributed by atoms with E-state index in [-0.39, 0.29) is 5.56 Å². The molecule has 0 spiro atoms. The smallest absolute Gasteiger partial charge is 0.337 e. The number of nitrogens with zero attached hydrogens (tertiary/aromatic N) is 2. The van der Waals surface area contributed by atoms with Gasteiger partial charge in [0.05, 0.1) is 36.4 Å². The molecule has 3 aromatic carbocycles. The Hall–Kier alpha value is -4.13. The summed E-state index contributed by atoms with van der Waals surface area (Å²) < 4.78 is 17.6. The number of methoxy groups -OCH3 is 2. The van der Waals surface area contributed by atoms with Gasteiger partial charge in [-0.1, -0.05) is 30.3 Å². The molecule has 0 bridgehead atoms. The molecule has 32 heavy (non-hydrogen) atoms. The molecule has 4 aromatic rings. The van der Waals surface area contributed by atoms with Gasteiger partial charge in [0.1, 0.15) is 12.9 Å². The Balaban J connectivity index is 1.73. The van der Waals surface area contributed by atoms with Crippen LogP contribution < -0.4 is 15.0 Å². The van der Waals surface area contributed by atoms with Gasteiger partial charge in [-0.2, -0.15) is 0 Å². The summed E-state index contributed by atoms with van der Waals surface area (Å²) in [4.78, 5) is 29.5. The van der Waals surface area contributed by atoms with Crippen LogP contribution in [0.25, 0.3) is 16.6 Å². The van der Waals surface area contributed by atoms with Gasteiger partial charge in [-0.15, -0.1) is 0 Å². The molecular formula is C25H22N2O5. The Morgan fingerprint density at radius 3 is 2.47 bits per heavy atom. The fraction of sp³-hybridized carbons (Fsp3) is 0.160. The van der Waals surface area contributed by atoms with Gasteiger partial charge in [-0.05, 0) is 42.3 Å². The van der Waals surface area contributed by atoms with Crippen molar-refractivity contribution in [1.82, 2.24) is 9.55 Å². The lowest BCUT2D eigenvalue weighted by molar-refractivity contribution is 0.0600. The van der Waals surface area contributed by atoms with Gasteiger partial charge in [-0.3, -0.25) is 9.36 Å². The number of ether oxygens (including phenoxy) is 3. The van der Waals surface area contributed by atoms with Crippen molar-refractivity contribution in [2.24, 2.45) is 0 Å². The van der Waals surface area contributed by atoms with Crippen molar-refractivity contribution in [2.75, 3.05) is 14.2 Å². The number of fused-ring (bicyclic) bond motifs is 1. The number of hydrogen-bond acceptors (Lipinski definition) is 6. The SMILES string of the molecule is COC(=O)c1ccc(-n2cnc3cc(OCc4ccccc4)c(OC)cc3c2=O)c(C)c1. The monoisotopic (exact) mass is 430 g/mol. The van der Waals surface area contributed by atoms with Crippen LogP contribution in [0.2, 0.25) is 0 Å². The van der Waals surface area contributed by atoms with Gasteiger partial charge in [0, 0.05) is 6.07 Å². The summed E-state index contributed by atoms with van der Waals surface area (Å²) in [7, 11) is 2.86. The van der Waals surface area contributed by atoms with Gasteiger partial charge in [0.2, 0.25) is 0 Å². The lowest BCUT2D eigenvalue weighted by atomic mass is 10.1. The number of carbonyl (C=O) groups excluding carboxylic acids is 1. The van der Waals surface area contributed by atoms with E-state index >= 15 is 0 Å². The number of hydrogen-bond donors (Lipinski definition) is 0. The maximum absolute atomic E-state index is 13.2. The third-order valence-electron chi connectivity index (χ3n) is 5.16. The van der Waals surface area contributed by atoms with E-state index in [1.807, 2.05) is 37.3 Å². The van der Waals surface area contributed by atoms with E-state index in [0.29, 0.717) is 40.3 Å². The molecule has 0 radical (unpaired) electrons. The lowest BCUT2D eigenvalue weighted by Crippen LogP contribution is -2.20. The molecule has 0 aliphatic carbocycles. The summed E-state index contributed by atoms with van der Waals surface area (Å²) in [6.07, 6.45) is 1.47. The topological polar surface area (TPSA) is 79.7 Å². The third kappa shape index (κ3) is 4.05. The first-order valence-electron chi connectivity index (χ1n) is 9.97. The molecule has 7 heteroatoms. The zero-order valence-corrected chi connectivity index (χ0v) is 18.0. The molecule has 1 aromatic heterocycles. The van der Waals surface area contributed by atoms with Crippen molar-refractivity contribution in [2.45, 2.75) is 13.5 Å². The van der Waals surface area contributed by atoms with Crippen molar-refractivity contribution in [3.63, 3.8) is 0 Å². The van der Waals surface area contributed by atoms with Crippen LogP contribution in [0.5, 0.6) is 11.5 Å². The van der Waals surface area contributed by atoms with Crippen LogP contribution in [0.15, 0.2) is 71.8 Å². The lowest BCUT2D eigenvalue weighted by Gasteiger charge is -2.14. The fourth-order valence-corrected chi connectivity index (χ4v) is 3.48. The minimum atomic E-state index is -0.434. The Morgan fingerprint density at radius 1 is 1.00 bits per heavy atom. The minimum Gasteiger partial charge on any atom is -0.493 e. The normalized spacial score (nSPS) is 10.7. The van der Waals surface area contributed by atoms with E-state index in [0.717, 1.165) is 11.1 Å². The van der Waals surface area contributed by atoms with Gasteiger partial charge >= 0.3 is 5.97 Å². The highest BCUT2D eigenvalue weighted by Gasteiger charge is 2.15. The molecule has 162 valence electrons. The Bertz CT molecular complexity index is 1350. The van der Waals surface area contributed by atoms with E-state index in [9.17, 15) is 9.59 Å². The molecule has 0 N–H and O–H groups in total.